The molecule has 0 spiro atoms. The first-order valence-corrected chi connectivity index (χ1v) is 4.75. The van der Waals surface area contributed by atoms with Crippen molar-refractivity contribution in [3.8, 4) is 5.75 Å². The van der Waals surface area contributed by atoms with E-state index in [2.05, 4.69) is 0 Å². The van der Waals surface area contributed by atoms with Crippen LogP contribution in [-0.4, -0.2) is 7.11 Å². The van der Waals surface area contributed by atoms with Crippen molar-refractivity contribution in [1.29, 1.82) is 0 Å². The third-order valence-electron chi connectivity index (χ3n) is 1.25. The smallest absolute Gasteiger partial charge is 1.00 e. The first-order chi connectivity index (χ1) is 4.74. The molecule has 0 saturated carbocycles. The third-order valence-corrected chi connectivity index (χ3v) is 2.71. The number of hydrogen-bond donors (Lipinski definition) is 0. The normalized spacial score (nSPS) is 8.73. The molecule has 1 aromatic carbocycles. The van der Waals surface area contributed by atoms with Crippen LogP contribution in [-0.2, 0) is 18.3 Å². The third kappa shape index (κ3) is 2.98. The van der Waals surface area contributed by atoms with E-state index in [1.54, 1.807) is 7.11 Å². The van der Waals surface area contributed by atoms with Crippen LogP contribution in [0.15, 0.2) is 18.2 Å². The molecule has 1 rings (SSSR count). The molecule has 0 bridgehead atoms. The second kappa shape index (κ2) is 4.97. The van der Waals surface area contributed by atoms with Gasteiger partial charge in [-0.25, -0.2) is 0 Å². The number of hydrogen-bond acceptors (Lipinski definition) is 1. The van der Waals surface area contributed by atoms with Crippen LogP contribution in [0.4, 0.5) is 0 Å². The first-order valence-electron chi connectivity index (χ1n) is 2.89. The fourth-order valence-electron chi connectivity index (χ4n) is 0.718. The summed E-state index contributed by atoms with van der Waals surface area (Å²) in [4.78, 5) is 0. The van der Waals surface area contributed by atoms with E-state index in [0.29, 0.717) is 0 Å². The number of methoxy groups -OCH3 is 1. The largest absolute Gasteiger partial charge is 1.00 e. The molecular formula is C7H6Cl2OZn. The molecule has 0 heterocycles. The van der Waals surface area contributed by atoms with Crippen molar-refractivity contribution in [2.45, 2.75) is 0 Å². The molecule has 1 aromatic rings. The summed E-state index contributed by atoms with van der Waals surface area (Å²) in [5.74, 6) is 0.896. The Morgan fingerprint density at radius 1 is 1.45 bits per heavy atom. The van der Waals surface area contributed by atoms with Crippen molar-refractivity contribution in [3.63, 3.8) is 0 Å². The molecule has 1 nitrogen and oxygen atoms in total. The Kier molecular flexibility index (Phi) is 5.07. The quantitative estimate of drug-likeness (QED) is 0.546. The van der Waals surface area contributed by atoms with Crippen LogP contribution >= 0.6 is 11.6 Å². The summed E-state index contributed by atoms with van der Waals surface area (Å²) < 4.78 is 6.30. The SMILES string of the molecule is COc1cc(Cl)cc[c]1[Zn+].[Cl-]. The minimum absolute atomic E-state index is 0. The summed E-state index contributed by atoms with van der Waals surface area (Å²) in [6.45, 7) is 0. The number of benzene rings is 1. The fourth-order valence-corrected chi connectivity index (χ4v) is 1.64. The molecule has 0 unspecified atom stereocenters. The Labute approximate surface area is 87.2 Å². The van der Waals surface area contributed by atoms with Gasteiger partial charge in [0.1, 0.15) is 0 Å². The van der Waals surface area contributed by atoms with Crippen molar-refractivity contribution < 1.29 is 35.4 Å². The number of halogens is 2. The van der Waals surface area contributed by atoms with Gasteiger partial charge < -0.3 is 12.4 Å². The van der Waals surface area contributed by atoms with Crippen molar-refractivity contribution in [2.24, 2.45) is 0 Å². The van der Waals surface area contributed by atoms with E-state index >= 15 is 0 Å². The molecule has 56 valence electrons. The maximum Gasteiger partial charge on any atom is -1.00 e. The summed E-state index contributed by atoms with van der Waals surface area (Å²) in [5.41, 5.74) is 0. The first kappa shape index (κ1) is 11.2. The maximum absolute atomic E-state index is 5.73. The summed E-state index contributed by atoms with van der Waals surface area (Å²) in [7, 11) is 1.66. The van der Waals surface area contributed by atoms with Gasteiger partial charge in [-0.2, -0.15) is 0 Å². The summed E-state index contributed by atoms with van der Waals surface area (Å²) >= 11 is 6.83. The Balaban J connectivity index is 0.000001000. The van der Waals surface area contributed by atoms with E-state index in [1.165, 1.54) is 4.16 Å². The summed E-state index contributed by atoms with van der Waals surface area (Å²) in [6.07, 6.45) is 0. The zero-order valence-electron chi connectivity index (χ0n) is 6.10. The topological polar surface area (TPSA) is 9.23 Å². The average Bonchev–Trinajstić information content (AvgIpc) is 1.94. The van der Waals surface area contributed by atoms with E-state index in [9.17, 15) is 0 Å². The van der Waals surface area contributed by atoms with Crippen LogP contribution in [0.1, 0.15) is 0 Å². The standard InChI is InChI=1S/C7H6ClO.ClH.Zn/c1-9-7-4-2-3-6(8)5-7;;/h2-3,5H,1H3;1H;/q;;+1/p-1. The van der Waals surface area contributed by atoms with Crippen LogP contribution in [0.25, 0.3) is 0 Å². The molecule has 0 aliphatic rings. The molecule has 0 fully saturated rings. The number of ether oxygens (including phenoxy) is 1. The van der Waals surface area contributed by atoms with Crippen LogP contribution in [0, 0.1) is 0 Å². The van der Waals surface area contributed by atoms with E-state index in [1.807, 2.05) is 18.2 Å². The van der Waals surface area contributed by atoms with E-state index in [0.717, 1.165) is 29.1 Å². The van der Waals surface area contributed by atoms with Crippen LogP contribution in [0.5, 0.6) is 5.75 Å². The van der Waals surface area contributed by atoms with Gasteiger partial charge in [0.15, 0.2) is 0 Å². The Morgan fingerprint density at radius 3 is 2.55 bits per heavy atom. The maximum atomic E-state index is 5.73. The van der Waals surface area contributed by atoms with Gasteiger partial charge in [-0.3, -0.25) is 0 Å². The molecule has 0 aliphatic carbocycles. The van der Waals surface area contributed by atoms with Crippen LogP contribution in [0.3, 0.4) is 0 Å². The van der Waals surface area contributed by atoms with Crippen molar-refractivity contribution in [1.82, 2.24) is 0 Å². The van der Waals surface area contributed by atoms with Gasteiger partial charge in [0.05, 0.1) is 0 Å². The van der Waals surface area contributed by atoms with Gasteiger partial charge in [-0.15, -0.1) is 0 Å². The van der Waals surface area contributed by atoms with Crippen molar-refractivity contribution >= 4 is 15.8 Å². The monoisotopic (exact) mass is 240 g/mol. The summed E-state index contributed by atoms with van der Waals surface area (Å²) in [6, 6.07) is 5.70. The Bertz CT molecular complexity index is 240. The molecule has 0 aromatic heterocycles. The van der Waals surface area contributed by atoms with E-state index in [4.69, 9.17) is 16.3 Å². The van der Waals surface area contributed by atoms with Gasteiger partial charge in [0.2, 0.25) is 0 Å². The van der Waals surface area contributed by atoms with E-state index < -0.39 is 0 Å². The second-order valence-corrected chi connectivity index (χ2v) is 3.99. The predicted octanol–water partition coefficient (Wildman–Crippen LogP) is -1.48. The molecule has 0 radical (unpaired) electrons. The molecule has 11 heavy (non-hydrogen) atoms. The zero-order valence-corrected chi connectivity index (χ0v) is 10.6. The zero-order chi connectivity index (χ0) is 7.56. The number of rotatable bonds is 1. The molecule has 0 saturated heterocycles. The second-order valence-electron chi connectivity index (χ2n) is 1.96. The van der Waals surface area contributed by atoms with E-state index in [-0.39, 0.29) is 12.4 Å². The molecule has 0 atom stereocenters. The van der Waals surface area contributed by atoms with Crippen molar-refractivity contribution in [2.75, 3.05) is 7.11 Å². The molecule has 0 amide bonds. The van der Waals surface area contributed by atoms with Crippen LogP contribution in [0.2, 0.25) is 5.02 Å². The Hall–Kier alpha value is 0.223. The average molecular weight is 242 g/mol. The van der Waals surface area contributed by atoms with Gasteiger partial charge in [0.25, 0.3) is 0 Å². The summed E-state index contributed by atoms with van der Waals surface area (Å²) in [5, 5.41) is 0.731. The van der Waals surface area contributed by atoms with Gasteiger partial charge in [-0.1, -0.05) is 0 Å². The molecule has 0 aliphatic heterocycles. The minimum Gasteiger partial charge on any atom is -1.00 e. The predicted molar refractivity (Wildman–Crippen MR) is 37.6 cm³/mol. The Morgan fingerprint density at radius 2 is 2.09 bits per heavy atom. The minimum atomic E-state index is 0. The van der Waals surface area contributed by atoms with Crippen LogP contribution < -0.4 is 21.3 Å². The van der Waals surface area contributed by atoms with Gasteiger partial charge >= 0.3 is 74.9 Å². The molecular weight excluding hydrogens is 236 g/mol. The van der Waals surface area contributed by atoms with Gasteiger partial charge in [0, 0.05) is 0 Å². The fraction of sp³-hybridized carbons (Fsp3) is 0.143. The molecule has 0 N–H and O–H groups in total. The van der Waals surface area contributed by atoms with Crippen molar-refractivity contribution in [3.05, 3.63) is 23.2 Å². The molecule has 4 heteroatoms. The van der Waals surface area contributed by atoms with Gasteiger partial charge in [-0.05, 0) is 0 Å².